The number of rotatable bonds is 11. The Labute approximate surface area is 252 Å². The molecule has 4 rings (SSSR count). The Bertz CT molecular complexity index is 1370. The van der Waals surface area contributed by atoms with E-state index in [-0.39, 0.29) is 11.8 Å². The summed E-state index contributed by atoms with van der Waals surface area (Å²) in [5.41, 5.74) is 8.26. The maximum atomic E-state index is 13.6. The molecule has 1 aliphatic heterocycles. The maximum Gasteiger partial charge on any atom is 0.406 e. The summed E-state index contributed by atoms with van der Waals surface area (Å²) in [4.78, 5) is 27.1. The molecule has 1 unspecified atom stereocenters. The van der Waals surface area contributed by atoms with Crippen molar-refractivity contribution in [2.45, 2.75) is 38.2 Å². The number of nitrogens with zero attached hydrogens (tertiary/aromatic N) is 1. The van der Waals surface area contributed by atoms with Gasteiger partial charge in [-0.2, -0.15) is 0 Å². The van der Waals surface area contributed by atoms with Crippen molar-refractivity contribution in [3.05, 3.63) is 88.4 Å². The fourth-order valence-corrected chi connectivity index (χ4v) is 6.05. The molecule has 2 atom stereocenters. The third-order valence-corrected chi connectivity index (χ3v) is 8.16. The summed E-state index contributed by atoms with van der Waals surface area (Å²) in [6.45, 7) is 4.15. The number of ether oxygens (including phenoxy) is 2. The summed E-state index contributed by atoms with van der Waals surface area (Å²) >= 11 is 6.82. The number of aliphatic hydroxyl groups is 1. The number of aryl methyl sites for hydroxylation is 1. The zero-order valence-corrected chi connectivity index (χ0v) is 25.0. The number of benzene rings is 3. The highest BCUT2D eigenvalue weighted by atomic mass is 35.5. The fraction of sp³-hybridized carbons (Fsp3) is 0.394. The second-order valence-electron chi connectivity index (χ2n) is 10.7. The van der Waals surface area contributed by atoms with Crippen molar-refractivity contribution in [2.75, 3.05) is 39.9 Å². The van der Waals surface area contributed by atoms with E-state index in [0.29, 0.717) is 62.0 Å². The minimum Gasteiger partial charge on any atom is -0.492 e. The molecule has 0 saturated carbocycles. The number of piperidine rings is 1. The molecule has 3 aromatic carbocycles. The van der Waals surface area contributed by atoms with Crippen molar-refractivity contribution in [3.8, 4) is 16.9 Å². The van der Waals surface area contributed by atoms with Crippen LogP contribution in [0.5, 0.6) is 5.75 Å². The van der Waals surface area contributed by atoms with Crippen LogP contribution in [0, 0.1) is 12.8 Å². The molecule has 0 aliphatic carbocycles. The molecular formula is C33H40ClN3O5. The Morgan fingerprint density at radius 2 is 1.90 bits per heavy atom. The molecule has 2 amide bonds. The van der Waals surface area contributed by atoms with E-state index in [9.17, 15) is 14.7 Å². The standard InChI is InChI=1S/C33H40ClN3O5/c1-23-7-3-8-25(21-23)30-28(10-4-11-29(30)34)33(40,16-6-18-36-32(39)41-2)26-9-5-19-37(22-26)31(38)24-12-14-27(15-13-24)42-20-17-35/h3-4,7-8,10-15,21,26,40H,5-6,9,16-20,22,35H2,1-2H3,(H,36,39)/t26-,33?/m1/s1. The molecule has 0 spiro atoms. The zero-order chi connectivity index (χ0) is 30.1. The molecular weight excluding hydrogens is 554 g/mol. The first kappa shape index (κ1) is 31.3. The lowest BCUT2D eigenvalue weighted by Gasteiger charge is -2.44. The van der Waals surface area contributed by atoms with Gasteiger partial charge < -0.3 is 30.5 Å². The molecule has 1 heterocycles. The van der Waals surface area contributed by atoms with Crippen LogP contribution in [0.15, 0.2) is 66.7 Å². The zero-order valence-electron chi connectivity index (χ0n) is 24.3. The van der Waals surface area contributed by atoms with Gasteiger partial charge in [0.2, 0.25) is 0 Å². The average Bonchev–Trinajstić information content (AvgIpc) is 3.01. The minimum atomic E-state index is -1.32. The number of nitrogens with two attached hydrogens (primary N) is 1. The van der Waals surface area contributed by atoms with E-state index in [1.165, 1.54) is 7.11 Å². The fourth-order valence-electron chi connectivity index (χ4n) is 5.76. The maximum absolute atomic E-state index is 13.6. The van der Waals surface area contributed by atoms with Gasteiger partial charge in [0.1, 0.15) is 12.4 Å². The van der Waals surface area contributed by atoms with Crippen LogP contribution < -0.4 is 15.8 Å². The Morgan fingerprint density at radius 3 is 2.62 bits per heavy atom. The van der Waals surface area contributed by atoms with Gasteiger partial charge >= 0.3 is 6.09 Å². The number of carbonyl (C=O) groups excluding carboxylic acids is 2. The first-order chi connectivity index (χ1) is 20.3. The molecule has 1 saturated heterocycles. The smallest absolute Gasteiger partial charge is 0.406 e. The highest BCUT2D eigenvalue weighted by molar-refractivity contribution is 6.33. The number of carbonyl (C=O) groups is 2. The quantitative estimate of drug-likeness (QED) is 0.252. The van der Waals surface area contributed by atoms with Gasteiger partial charge in [0.25, 0.3) is 5.91 Å². The van der Waals surface area contributed by atoms with Crippen molar-refractivity contribution in [3.63, 3.8) is 0 Å². The predicted molar refractivity (Wildman–Crippen MR) is 165 cm³/mol. The first-order valence-corrected chi connectivity index (χ1v) is 14.8. The van der Waals surface area contributed by atoms with E-state index >= 15 is 0 Å². The summed E-state index contributed by atoms with van der Waals surface area (Å²) in [6, 6.07) is 20.7. The Hall–Kier alpha value is -3.59. The van der Waals surface area contributed by atoms with Crippen LogP contribution in [0.1, 0.15) is 47.2 Å². The SMILES string of the molecule is COC(=O)NCCCC(O)(c1cccc(Cl)c1-c1cccc(C)c1)[C@@H]1CCCN(C(=O)c2ccc(OCCN)cc2)C1. The molecule has 224 valence electrons. The van der Waals surface area contributed by atoms with E-state index in [4.69, 9.17) is 26.8 Å². The van der Waals surface area contributed by atoms with Crippen LogP contribution in [-0.4, -0.2) is 61.9 Å². The van der Waals surface area contributed by atoms with Crippen molar-refractivity contribution in [1.82, 2.24) is 10.2 Å². The van der Waals surface area contributed by atoms with Crippen LogP contribution in [0.3, 0.4) is 0 Å². The van der Waals surface area contributed by atoms with E-state index in [1.54, 1.807) is 24.3 Å². The topological polar surface area (TPSA) is 114 Å². The van der Waals surface area contributed by atoms with Gasteiger partial charge in [0.05, 0.1) is 12.7 Å². The summed E-state index contributed by atoms with van der Waals surface area (Å²) in [6.07, 6.45) is 1.82. The van der Waals surface area contributed by atoms with E-state index < -0.39 is 11.7 Å². The Kier molecular flexibility index (Phi) is 10.8. The van der Waals surface area contributed by atoms with Gasteiger partial charge in [-0.05, 0) is 74.1 Å². The van der Waals surface area contributed by atoms with Gasteiger partial charge in [-0.15, -0.1) is 0 Å². The van der Waals surface area contributed by atoms with E-state index in [0.717, 1.165) is 35.1 Å². The Balaban J connectivity index is 1.65. The molecule has 4 N–H and O–H groups in total. The third-order valence-electron chi connectivity index (χ3n) is 7.85. The van der Waals surface area contributed by atoms with Crippen molar-refractivity contribution in [2.24, 2.45) is 11.7 Å². The Morgan fingerprint density at radius 1 is 1.14 bits per heavy atom. The number of nitrogens with one attached hydrogen (secondary N) is 1. The van der Waals surface area contributed by atoms with Crippen molar-refractivity contribution < 1.29 is 24.2 Å². The monoisotopic (exact) mass is 593 g/mol. The van der Waals surface area contributed by atoms with Gasteiger partial charge in [0, 0.05) is 48.2 Å². The largest absolute Gasteiger partial charge is 0.492 e. The van der Waals surface area contributed by atoms with Crippen LogP contribution in [-0.2, 0) is 10.3 Å². The number of hydrogen-bond acceptors (Lipinski definition) is 6. The molecule has 0 radical (unpaired) electrons. The molecule has 1 aliphatic rings. The third kappa shape index (κ3) is 7.43. The molecule has 0 aromatic heterocycles. The van der Waals surface area contributed by atoms with Crippen LogP contribution in [0.4, 0.5) is 4.79 Å². The van der Waals surface area contributed by atoms with Crippen LogP contribution in [0.25, 0.3) is 11.1 Å². The lowest BCUT2D eigenvalue weighted by molar-refractivity contribution is -0.0563. The second-order valence-corrected chi connectivity index (χ2v) is 11.1. The normalized spacial score (nSPS) is 16.4. The van der Waals surface area contributed by atoms with Gasteiger partial charge in [-0.1, -0.05) is 53.6 Å². The molecule has 0 bridgehead atoms. The first-order valence-electron chi connectivity index (χ1n) is 14.4. The predicted octanol–water partition coefficient (Wildman–Crippen LogP) is 5.53. The summed E-state index contributed by atoms with van der Waals surface area (Å²) in [7, 11) is 1.32. The molecule has 3 aromatic rings. The number of amides is 2. The number of methoxy groups -OCH3 is 1. The van der Waals surface area contributed by atoms with Crippen molar-refractivity contribution in [1.29, 1.82) is 0 Å². The summed E-state index contributed by atoms with van der Waals surface area (Å²) in [5.74, 6) is 0.306. The van der Waals surface area contributed by atoms with Crippen LogP contribution >= 0.6 is 11.6 Å². The number of halogens is 1. The molecule has 42 heavy (non-hydrogen) atoms. The number of hydrogen-bond donors (Lipinski definition) is 3. The van der Waals surface area contributed by atoms with Gasteiger partial charge in [0.15, 0.2) is 0 Å². The lowest BCUT2D eigenvalue weighted by Crippen LogP contribution is -2.48. The highest BCUT2D eigenvalue weighted by Gasteiger charge is 2.43. The van der Waals surface area contributed by atoms with E-state index in [2.05, 4.69) is 11.4 Å². The summed E-state index contributed by atoms with van der Waals surface area (Å²) in [5, 5.41) is 15.9. The number of likely N-dealkylation sites (tertiary alicyclic amines) is 1. The van der Waals surface area contributed by atoms with Gasteiger partial charge in [-0.25, -0.2) is 4.79 Å². The van der Waals surface area contributed by atoms with Crippen molar-refractivity contribution >= 4 is 23.6 Å². The van der Waals surface area contributed by atoms with Crippen LogP contribution in [0.2, 0.25) is 5.02 Å². The second kappa shape index (κ2) is 14.5. The lowest BCUT2D eigenvalue weighted by atomic mass is 9.72. The molecule has 1 fully saturated rings. The highest BCUT2D eigenvalue weighted by Crippen LogP contribution is 2.45. The average molecular weight is 594 g/mol. The molecule has 9 heteroatoms. The minimum absolute atomic E-state index is 0.0928. The number of alkyl carbamates (subject to hydrolysis) is 1. The van der Waals surface area contributed by atoms with Gasteiger partial charge in [-0.3, -0.25) is 4.79 Å². The summed E-state index contributed by atoms with van der Waals surface area (Å²) < 4.78 is 10.3. The molecule has 8 nitrogen and oxygen atoms in total. The van der Waals surface area contributed by atoms with E-state index in [1.807, 2.05) is 48.2 Å².